The molecular weight excluding hydrogens is 540 g/mol. The van der Waals surface area contributed by atoms with Crippen molar-refractivity contribution in [3.63, 3.8) is 0 Å². The van der Waals surface area contributed by atoms with Crippen LogP contribution in [0.15, 0.2) is 65.1 Å². The van der Waals surface area contributed by atoms with Crippen LogP contribution >= 0.6 is 0 Å². The number of amides is 1. The van der Waals surface area contributed by atoms with Crippen LogP contribution in [0.3, 0.4) is 0 Å². The van der Waals surface area contributed by atoms with Crippen molar-refractivity contribution < 1.29 is 31.1 Å². The lowest BCUT2D eigenvalue weighted by molar-refractivity contribution is -0.118. The van der Waals surface area contributed by atoms with Crippen molar-refractivity contribution in [3.05, 3.63) is 82.9 Å². The predicted octanol–water partition coefficient (Wildman–Crippen LogP) is 3.92. The molecule has 1 N–H and O–H groups in total. The summed E-state index contributed by atoms with van der Waals surface area (Å²) in [6.45, 7) is 4.69. The normalized spacial score (nSPS) is 14.8. The molecule has 3 aromatic rings. The van der Waals surface area contributed by atoms with Gasteiger partial charge in [0.25, 0.3) is 0 Å². The first-order valence-electron chi connectivity index (χ1n) is 12.3. The fraction of sp³-hybridized carbons (Fsp3) is 0.286. The number of hydrogen-bond acceptors (Lipinski definition) is 7. The van der Waals surface area contributed by atoms with Gasteiger partial charge in [-0.1, -0.05) is 18.2 Å². The zero-order valence-corrected chi connectivity index (χ0v) is 23.6. The molecular formula is C28H30N2O7S2. The highest BCUT2D eigenvalue weighted by Crippen LogP contribution is 2.32. The van der Waals surface area contributed by atoms with Crippen molar-refractivity contribution in [1.29, 1.82) is 0 Å². The smallest absolute Gasteiger partial charge is 0.344 e. The van der Waals surface area contributed by atoms with E-state index in [4.69, 9.17) is 9.47 Å². The molecule has 0 atom stereocenters. The number of nitrogens with zero attached hydrogens (tertiary/aromatic N) is 1. The molecule has 3 aromatic carbocycles. The minimum Gasteiger partial charge on any atom is -0.494 e. The molecule has 0 saturated carbocycles. The van der Waals surface area contributed by atoms with E-state index in [1.165, 1.54) is 6.26 Å². The van der Waals surface area contributed by atoms with Gasteiger partial charge in [0.1, 0.15) is 27.9 Å². The van der Waals surface area contributed by atoms with E-state index in [1.54, 1.807) is 24.3 Å². The second kappa shape index (κ2) is 11.6. The van der Waals surface area contributed by atoms with Crippen LogP contribution in [0.2, 0.25) is 0 Å². The van der Waals surface area contributed by atoms with E-state index in [-0.39, 0.29) is 17.9 Å². The first-order chi connectivity index (χ1) is 18.4. The summed E-state index contributed by atoms with van der Waals surface area (Å²) in [6.07, 6.45) is 1.55. The van der Waals surface area contributed by atoms with Crippen LogP contribution in [-0.4, -0.2) is 47.1 Å². The van der Waals surface area contributed by atoms with Gasteiger partial charge in [0.15, 0.2) is 0 Å². The van der Waals surface area contributed by atoms with Gasteiger partial charge in [0, 0.05) is 6.26 Å². The number of carbonyl (C=O) groups excluding carboxylic acids is 1. The number of ether oxygens (including phenoxy) is 2. The minimum absolute atomic E-state index is 0.0976. The topological polar surface area (TPSA) is 128 Å². The van der Waals surface area contributed by atoms with Gasteiger partial charge in [-0.15, -0.1) is 4.40 Å². The van der Waals surface area contributed by atoms with E-state index in [0.717, 1.165) is 27.8 Å². The summed E-state index contributed by atoms with van der Waals surface area (Å²) in [5.74, 6) is 0.790. The van der Waals surface area contributed by atoms with Gasteiger partial charge in [-0.3, -0.25) is 4.79 Å². The number of rotatable bonds is 10. The first kappa shape index (κ1) is 28.3. The van der Waals surface area contributed by atoms with Crippen LogP contribution in [0.1, 0.15) is 35.1 Å². The second-order valence-electron chi connectivity index (χ2n) is 9.49. The molecule has 39 heavy (non-hydrogen) atoms. The van der Waals surface area contributed by atoms with E-state index in [1.807, 2.05) is 48.9 Å². The van der Waals surface area contributed by atoms with Gasteiger partial charge in [0.05, 0.1) is 24.5 Å². The van der Waals surface area contributed by atoms with E-state index in [2.05, 4.69) is 10.5 Å². The first-order valence-corrected chi connectivity index (χ1v) is 15.8. The largest absolute Gasteiger partial charge is 0.494 e. The molecule has 0 fully saturated rings. The van der Waals surface area contributed by atoms with Crippen molar-refractivity contribution in [2.45, 2.75) is 33.3 Å². The number of carbonyl (C=O) groups is 1. The summed E-state index contributed by atoms with van der Waals surface area (Å²) in [7, 11) is -7.01. The van der Waals surface area contributed by atoms with Crippen molar-refractivity contribution in [2.24, 2.45) is 4.40 Å². The van der Waals surface area contributed by atoms with Crippen molar-refractivity contribution in [2.75, 3.05) is 18.6 Å². The molecule has 11 heteroatoms. The Labute approximate surface area is 229 Å². The average molecular weight is 571 g/mol. The highest BCUT2D eigenvalue weighted by atomic mass is 32.2. The van der Waals surface area contributed by atoms with E-state index < -0.39 is 26.0 Å². The maximum Gasteiger partial charge on any atom is 0.344 e. The average Bonchev–Trinajstić information content (AvgIpc) is 2.84. The third kappa shape index (κ3) is 7.90. The van der Waals surface area contributed by atoms with Gasteiger partial charge in [-0.25, -0.2) is 13.1 Å². The summed E-state index contributed by atoms with van der Waals surface area (Å²) >= 11 is 0. The van der Waals surface area contributed by atoms with Crippen molar-refractivity contribution in [1.82, 2.24) is 4.72 Å². The second-order valence-corrected chi connectivity index (χ2v) is 13.1. The Morgan fingerprint density at radius 3 is 2.26 bits per heavy atom. The molecule has 1 aliphatic heterocycles. The number of sulfone groups is 1. The van der Waals surface area contributed by atoms with Crippen LogP contribution in [0.25, 0.3) is 11.1 Å². The highest BCUT2D eigenvalue weighted by molar-refractivity contribution is 7.90. The Hall–Kier alpha value is -3.70. The summed E-state index contributed by atoms with van der Waals surface area (Å²) in [6, 6.07) is 18.7. The van der Waals surface area contributed by atoms with Gasteiger partial charge < -0.3 is 9.47 Å². The predicted molar refractivity (Wildman–Crippen MR) is 150 cm³/mol. The van der Waals surface area contributed by atoms with Gasteiger partial charge in [-0.05, 0) is 96.1 Å². The number of benzene rings is 3. The summed E-state index contributed by atoms with van der Waals surface area (Å²) in [4.78, 5) is 11.6. The van der Waals surface area contributed by atoms with Crippen LogP contribution in [0.5, 0.6) is 11.5 Å². The zero-order valence-electron chi connectivity index (χ0n) is 21.9. The number of hydrogen-bond donors (Lipinski definition) is 1. The van der Waals surface area contributed by atoms with Gasteiger partial charge >= 0.3 is 10.2 Å². The Morgan fingerprint density at radius 1 is 0.923 bits per heavy atom. The van der Waals surface area contributed by atoms with Crippen molar-refractivity contribution in [3.8, 4) is 22.6 Å². The maximum absolute atomic E-state index is 11.7. The molecule has 0 bridgehead atoms. The van der Waals surface area contributed by atoms with Gasteiger partial charge in [0.2, 0.25) is 5.91 Å². The van der Waals surface area contributed by atoms with Crippen LogP contribution in [0.4, 0.5) is 0 Å². The SMILES string of the molecule is Cc1cc(OCCCS(C)(=O)=O)cc(C)c1-c1cccc(COc2ccc(C3=NS(=O)(=O)NC(=O)C3)cc2)c1. The molecule has 1 amide bonds. The fourth-order valence-corrected chi connectivity index (χ4v) is 5.90. The Balaban J connectivity index is 1.41. The maximum atomic E-state index is 11.7. The summed E-state index contributed by atoms with van der Waals surface area (Å²) < 4.78 is 63.2. The van der Waals surface area contributed by atoms with Crippen LogP contribution in [0, 0.1) is 13.8 Å². The number of nitrogens with one attached hydrogen (secondary N) is 1. The van der Waals surface area contributed by atoms with Crippen LogP contribution < -0.4 is 14.2 Å². The molecule has 0 unspecified atom stereocenters. The standard InChI is InChI=1S/C28H30N2O7S2/c1-19-14-25(36-12-5-13-38(3,32)33)15-20(2)28(19)23-7-4-6-21(16-23)18-37-24-10-8-22(9-11-24)26-17-27(31)30-39(34,35)29-26/h4,6-11,14-16H,5,12-13,17-18H2,1-3H3,(H,30,31). The Morgan fingerprint density at radius 2 is 1.62 bits per heavy atom. The van der Waals surface area contributed by atoms with E-state index in [9.17, 15) is 21.6 Å². The lowest BCUT2D eigenvalue weighted by Crippen LogP contribution is -2.36. The molecule has 4 rings (SSSR count). The molecule has 0 aromatic heterocycles. The zero-order chi connectivity index (χ0) is 28.2. The molecule has 9 nitrogen and oxygen atoms in total. The minimum atomic E-state index is -4.00. The van der Waals surface area contributed by atoms with E-state index in [0.29, 0.717) is 36.7 Å². The fourth-order valence-electron chi connectivity index (χ4n) is 4.39. The lowest BCUT2D eigenvalue weighted by Gasteiger charge is -2.15. The molecule has 0 aliphatic carbocycles. The molecule has 1 aliphatic rings. The molecule has 206 valence electrons. The van der Waals surface area contributed by atoms with Crippen molar-refractivity contribution >= 4 is 31.7 Å². The van der Waals surface area contributed by atoms with Gasteiger partial charge in [-0.2, -0.15) is 8.42 Å². The molecule has 0 saturated heterocycles. The lowest BCUT2D eigenvalue weighted by atomic mass is 9.94. The van der Waals surface area contributed by atoms with Crippen LogP contribution in [-0.2, 0) is 31.4 Å². The Kier molecular flexibility index (Phi) is 8.41. The third-order valence-corrected chi connectivity index (χ3v) is 8.02. The summed E-state index contributed by atoms with van der Waals surface area (Å²) in [5.41, 5.74) is 5.92. The molecule has 1 heterocycles. The Bertz CT molecular complexity index is 1610. The third-order valence-electron chi connectivity index (χ3n) is 6.04. The monoisotopic (exact) mass is 570 g/mol. The number of aryl methyl sites for hydroxylation is 2. The van der Waals surface area contributed by atoms with E-state index >= 15 is 0 Å². The summed E-state index contributed by atoms with van der Waals surface area (Å²) in [5, 5.41) is 0. The molecule has 0 radical (unpaired) electrons. The highest BCUT2D eigenvalue weighted by Gasteiger charge is 2.23. The quantitative estimate of drug-likeness (QED) is 0.366. The molecule has 0 spiro atoms.